The summed E-state index contributed by atoms with van der Waals surface area (Å²) < 4.78 is 20.5. The molecular weight excluding hydrogens is 699 g/mol. The van der Waals surface area contributed by atoms with E-state index in [-0.39, 0.29) is 35.9 Å². The van der Waals surface area contributed by atoms with Crippen molar-refractivity contribution < 1.29 is 28.0 Å². The van der Waals surface area contributed by atoms with E-state index in [0.29, 0.717) is 23.0 Å². The van der Waals surface area contributed by atoms with Crippen LogP contribution in [0.4, 0.5) is 5.69 Å². The number of hydrogen-bond acceptors (Lipinski definition) is 9. The van der Waals surface area contributed by atoms with Crippen molar-refractivity contribution in [1.29, 1.82) is 0 Å². The van der Waals surface area contributed by atoms with Crippen molar-refractivity contribution in [2.45, 2.75) is 70.8 Å². The molecule has 3 aromatic carbocycles. The number of fused-ring (bicyclic) bond motifs is 7. The van der Waals surface area contributed by atoms with E-state index in [1.807, 2.05) is 64.2 Å². The Kier molecular flexibility index (Phi) is 7.13. The van der Waals surface area contributed by atoms with Crippen LogP contribution in [0, 0.1) is 11.8 Å². The van der Waals surface area contributed by atoms with Crippen LogP contribution < -0.4 is 26.0 Å². The molecular formula is C42H39N7O6. The first kappa shape index (κ1) is 33.2. The van der Waals surface area contributed by atoms with Crippen LogP contribution in [0.2, 0.25) is 0 Å². The number of nitrogens with zero attached hydrogens (tertiary/aromatic N) is 2. The van der Waals surface area contributed by atoms with E-state index in [0.717, 1.165) is 50.0 Å². The molecule has 3 aromatic heterocycles. The van der Waals surface area contributed by atoms with Crippen LogP contribution in [0.1, 0.15) is 69.0 Å². The highest BCUT2D eigenvalue weighted by Crippen LogP contribution is 2.61. The molecule has 0 saturated heterocycles. The van der Waals surface area contributed by atoms with Crippen molar-refractivity contribution >= 4 is 34.3 Å². The number of para-hydroxylation sites is 1. The number of rotatable bonds is 5. The molecule has 13 heteroatoms. The first-order valence-corrected chi connectivity index (χ1v) is 18.7. The lowest BCUT2D eigenvalue weighted by Crippen LogP contribution is -2.56. The summed E-state index contributed by atoms with van der Waals surface area (Å²) in [6, 6.07) is 15.8. The number of anilines is 1. The van der Waals surface area contributed by atoms with Crippen LogP contribution in [-0.2, 0) is 26.2 Å². The number of ether oxygens (including phenoxy) is 1. The molecule has 0 radical (unpaired) electrons. The van der Waals surface area contributed by atoms with E-state index >= 15 is 0 Å². The first-order chi connectivity index (χ1) is 26.5. The van der Waals surface area contributed by atoms with Crippen molar-refractivity contribution in [3.8, 4) is 39.8 Å². The quantitative estimate of drug-likeness (QED) is 0.143. The van der Waals surface area contributed by atoms with Crippen molar-refractivity contribution in [1.82, 2.24) is 30.9 Å². The maximum Gasteiger partial charge on any atom is 0.249 e. The molecule has 0 saturated carbocycles. The Hall–Kier alpha value is -6.37. The smallest absolute Gasteiger partial charge is 0.249 e. The highest BCUT2D eigenvalue weighted by molar-refractivity contribution is 6.07. The maximum absolute atomic E-state index is 14.4. The van der Waals surface area contributed by atoms with Gasteiger partial charge in [-0.3, -0.25) is 14.4 Å². The number of aromatic nitrogens is 3. The molecule has 10 rings (SSSR count). The summed E-state index contributed by atoms with van der Waals surface area (Å²) in [6.07, 6.45) is 3.16. The van der Waals surface area contributed by atoms with E-state index in [1.165, 1.54) is 6.92 Å². The summed E-state index contributed by atoms with van der Waals surface area (Å²) in [7, 11) is 0. The summed E-state index contributed by atoms with van der Waals surface area (Å²) in [5.74, 6) is 0.611. The summed E-state index contributed by atoms with van der Waals surface area (Å²) >= 11 is 0. The molecule has 0 aliphatic carbocycles. The van der Waals surface area contributed by atoms with Gasteiger partial charge in [-0.2, -0.15) is 0 Å². The molecule has 6 aromatic rings. The molecule has 5 atom stereocenters. The minimum absolute atomic E-state index is 0.169. The third-order valence-corrected chi connectivity index (χ3v) is 11.5. The van der Waals surface area contributed by atoms with Gasteiger partial charge in [-0.1, -0.05) is 70.2 Å². The van der Waals surface area contributed by atoms with Crippen molar-refractivity contribution in [3.63, 3.8) is 0 Å². The third-order valence-electron chi connectivity index (χ3n) is 11.5. The Labute approximate surface area is 315 Å². The molecule has 1 unspecified atom stereocenters. The predicted molar refractivity (Wildman–Crippen MR) is 203 cm³/mol. The Morgan fingerprint density at radius 2 is 1.78 bits per heavy atom. The van der Waals surface area contributed by atoms with Gasteiger partial charge >= 0.3 is 0 Å². The minimum Gasteiger partial charge on any atom is -0.469 e. The number of nitrogens with one attached hydrogen (secondary N) is 5. The molecule has 7 heterocycles. The van der Waals surface area contributed by atoms with Gasteiger partial charge < -0.3 is 39.8 Å². The predicted octanol–water partition coefficient (Wildman–Crippen LogP) is 5.95. The number of amides is 3. The van der Waals surface area contributed by atoms with Crippen molar-refractivity contribution in [3.05, 3.63) is 95.3 Å². The summed E-state index contributed by atoms with van der Waals surface area (Å²) in [4.78, 5) is 53.5. The number of oxazole rings is 2. The van der Waals surface area contributed by atoms with Crippen LogP contribution in [0.25, 0.3) is 44.9 Å². The second-order valence-electron chi connectivity index (χ2n) is 15.6. The lowest BCUT2D eigenvalue weighted by atomic mass is 9.72. The molecule has 4 aliphatic rings. The highest BCUT2D eigenvalue weighted by Gasteiger charge is 2.61. The monoisotopic (exact) mass is 737 g/mol. The van der Waals surface area contributed by atoms with Gasteiger partial charge in [-0.05, 0) is 35.1 Å². The number of aromatic amines is 1. The topological polar surface area (TPSA) is 176 Å². The average Bonchev–Trinajstić information content (AvgIpc) is 3.98. The van der Waals surface area contributed by atoms with E-state index < -0.39 is 41.6 Å². The molecule has 0 fully saturated rings. The zero-order chi connectivity index (χ0) is 37.9. The van der Waals surface area contributed by atoms with Crippen LogP contribution >= 0.6 is 0 Å². The summed E-state index contributed by atoms with van der Waals surface area (Å²) in [5.41, 5.74) is 6.57. The van der Waals surface area contributed by atoms with Crippen LogP contribution in [0.3, 0.4) is 0 Å². The van der Waals surface area contributed by atoms with Gasteiger partial charge in [-0.15, -0.1) is 0 Å². The summed E-state index contributed by atoms with van der Waals surface area (Å²) in [6.45, 7) is 9.00. The zero-order valence-corrected chi connectivity index (χ0v) is 30.9. The molecule has 4 aliphatic heterocycles. The Morgan fingerprint density at radius 3 is 2.58 bits per heavy atom. The van der Waals surface area contributed by atoms with Crippen LogP contribution in [0.5, 0.6) is 5.75 Å². The highest BCUT2D eigenvalue weighted by atomic mass is 16.5. The fraction of sp³-hybridized carbons (Fsp3) is 0.310. The molecule has 1 spiro atoms. The number of carbonyl (C=O) groups is 3. The molecule has 278 valence electrons. The van der Waals surface area contributed by atoms with E-state index in [2.05, 4.69) is 50.5 Å². The minimum atomic E-state index is -1.07. The average molecular weight is 738 g/mol. The molecule has 5 N–H and O–H groups in total. The Balaban J connectivity index is 1.23. The van der Waals surface area contributed by atoms with Gasteiger partial charge in [0, 0.05) is 58.4 Å². The Bertz CT molecular complexity index is 2600. The van der Waals surface area contributed by atoms with Crippen molar-refractivity contribution in [2.24, 2.45) is 11.8 Å². The van der Waals surface area contributed by atoms with Crippen molar-refractivity contribution in [2.75, 3.05) is 5.32 Å². The second-order valence-corrected chi connectivity index (χ2v) is 15.6. The summed E-state index contributed by atoms with van der Waals surface area (Å²) in [5, 5.41) is 13.6. The van der Waals surface area contributed by atoms with Gasteiger partial charge in [0.25, 0.3) is 0 Å². The van der Waals surface area contributed by atoms with E-state index in [4.69, 9.17) is 23.5 Å². The first-order valence-electron chi connectivity index (χ1n) is 18.7. The van der Waals surface area contributed by atoms with Gasteiger partial charge in [0.2, 0.25) is 29.5 Å². The SMILES string of the molecule is CC(=O)N[C@H](C(=O)N[C@H]1Cc2ccc3c(c2)[C@]24c5cccc(c5NC2O3)-c2cccc3[nH]cc(c23)-c2cnc(o2)-c2nc(oc24)[C@H](C(C)C)NC1=O)C(C)C. The Morgan fingerprint density at radius 1 is 0.964 bits per heavy atom. The van der Waals surface area contributed by atoms with Gasteiger partial charge in [-0.25, -0.2) is 9.97 Å². The lowest BCUT2D eigenvalue weighted by Gasteiger charge is -2.29. The largest absolute Gasteiger partial charge is 0.469 e. The maximum atomic E-state index is 14.4. The number of benzene rings is 3. The molecule has 55 heavy (non-hydrogen) atoms. The van der Waals surface area contributed by atoms with Crippen LogP contribution in [-0.4, -0.2) is 51.0 Å². The van der Waals surface area contributed by atoms with E-state index in [1.54, 1.807) is 6.20 Å². The molecule has 10 bridgehead atoms. The molecule has 13 nitrogen and oxygen atoms in total. The number of H-pyrrole nitrogens is 1. The standard InChI is InChI=1S/C42H39N7O6/c1-18(2)32(45-20(5)50)38(52)46-28-15-21-12-13-29-26(14-21)42-25-10-6-9-23(34(25)49-41(42)54-29)22-8-7-11-27-31(22)24(16-43-27)30-17-44-39(53-30)35-36(42)55-40(48-35)33(19(3)4)47-37(28)51/h6-14,16-19,28,32-33,41,43,49H,15H2,1-5H3,(H,45,50)(H,46,52)(H,47,51)/t28-,32-,33-,41?,42-/m0/s1. The number of hydrogen-bond donors (Lipinski definition) is 5. The fourth-order valence-corrected chi connectivity index (χ4v) is 8.87. The van der Waals surface area contributed by atoms with Gasteiger partial charge in [0.05, 0.1) is 6.20 Å². The van der Waals surface area contributed by atoms with Gasteiger partial charge in [0.15, 0.2) is 23.4 Å². The third kappa shape index (κ3) is 4.74. The fourth-order valence-electron chi connectivity index (χ4n) is 8.87. The zero-order valence-electron chi connectivity index (χ0n) is 30.9. The number of carbonyl (C=O) groups excluding carboxylic acids is 3. The molecule has 3 amide bonds. The lowest BCUT2D eigenvalue weighted by molar-refractivity contribution is -0.133. The van der Waals surface area contributed by atoms with E-state index in [9.17, 15) is 14.4 Å². The van der Waals surface area contributed by atoms with Crippen LogP contribution in [0.15, 0.2) is 75.8 Å². The van der Waals surface area contributed by atoms with Gasteiger partial charge in [0.1, 0.15) is 29.3 Å². The second kappa shape index (κ2) is 11.8. The normalized spacial score (nSPS) is 21.9.